The van der Waals surface area contributed by atoms with Crippen LogP contribution in [0.25, 0.3) is 0 Å². The normalized spacial score (nSPS) is 29.6. The molecule has 0 spiro atoms. The molecule has 1 amide bonds. The van der Waals surface area contributed by atoms with Crippen molar-refractivity contribution in [2.75, 3.05) is 26.2 Å². The number of benzene rings is 1. The van der Waals surface area contributed by atoms with Crippen LogP contribution in [0.3, 0.4) is 0 Å². The number of morpholine rings is 1. The maximum atomic E-state index is 13.8. The van der Waals surface area contributed by atoms with Gasteiger partial charge in [0.1, 0.15) is 12.4 Å². The number of rotatable bonds is 3. The van der Waals surface area contributed by atoms with Crippen LogP contribution in [0.1, 0.15) is 25.3 Å². The van der Waals surface area contributed by atoms with E-state index >= 15 is 0 Å². The second-order valence-electron chi connectivity index (χ2n) is 6.49. The molecular weight excluding hydrogens is 283 g/mol. The molecule has 2 fully saturated rings. The minimum Gasteiger partial charge on any atom is -0.363 e. The Kier molecular flexibility index (Phi) is 4.45. The number of piperidine rings is 1. The van der Waals surface area contributed by atoms with Crippen molar-refractivity contribution in [3.63, 3.8) is 0 Å². The minimum absolute atomic E-state index is 0.0653. The van der Waals surface area contributed by atoms with E-state index < -0.39 is 0 Å². The third-order valence-electron chi connectivity index (χ3n) is 4.86. The van der Waals surface area contributed by atoms with Crippen molar-refractivity contribution in [2.45, 2.75) is 31.9 Å². The van der Waals surface area contributed by atoms with Gasteiger partial charge < -0.3 is 15.0 Å². The number of hydrogen-bond acceptors (Lipinski definition) is 3. The van der Waals surface area contributed by atoms with Crippen LogP contribution in [-0.4, -0.2) is 42.6 Å². The fourth-order valence-electron chi connectivity index (χ4n) is 3.43. The summed E-state index contributed by atoms with van der Waals surface area (Å²) in [7, 11) is 0. The van der Waals surface area contributed by atoms with E-state index in [0.29, 0.717) is 24.6 Å². The van der Waals surface area contributed by atoms with Crippen LogP contribution in [0.5, 0.6) is 0 Å². The van der Waals surface area contributed by atoms with Gasteiger partial charge in [-0.05, 0) is 32.4 Å². The third-order valence-corrected chi connectivity index (χ3v) is 4.86. The lowest BCUT2D eigenvalue weighted by atomic mass is 9.82. The van der Waals surface area contributed by atoms with Crippen LogP contribution >= 0.6 is 0 Å². The Labute approximate surface area is 130 Å². The summed E-state index contributed by atoms with van der Waals surface area (Å²) in [5.41, 5.74) is 0.203. The standard InChI is InChI=1S/C17H23FN2O2/c1-17(14-6-4-8-19-9-14)12-20(16(21)11-22-17)10-13-5-2-3-7-15(13)18/h2-3,5,7,14,19H,4,6,8-12H2,1H3. The molecule has 5 heteroatoms. The van der Waals surface area contributed by atoms with Gasteiger partial charge in [0.2, 0.25) is 5.91 Å². The summed E-state index contributed by atoms with van der Waals surface area (Å²) in [6.07, 6.45) is 2.23. The highest BCUT2D eigenvalue weighted by atomic mass is 19.1. The van der Waals surface area contributed by atoms with Gasteiger partial charge in [0.05, 0.1) is 12.1 Å². The fourth-order valence-corrected chi connectivity index (χ4v) is 3.43. The van der Waals surface area contributed by atoms with Crippen molar-refractivity contribution >= 4 is 5.91 Å². The number of nitrogens with zero attached hydrogens (tertiary/aromatic N) is 1. The van der Waals surface area contributed by atoms with E-state index in [1.807, 2.05) is 0 Å². The van der Waals surface area contributed by atoms with Crippen molar-refractivity contribution in [2.24, 2.45) is 5.92 Å². The van der Waals surface area contributed by atoms with Gasteiger partial charge in [-0.15, -0.1) is 0 Å². The van der Waals surface area contributed by atoms with E-state index in [1.165, 1.54) is 6.07 Å². The average molecular weight is 306 g/mol. The van der Waals surface area contributed by atoms with Crippen molar-refractivity contribution < 1.29 is 13.9 Å². The molecule has 3 rings (SSSR count). The first-order valence-corrected chi connectivity index (χ1v) is 7.94. The van der Waals surface area contributed by atoms with E-state index in [9.17, 15) is 9.18 Å². The number of carbonyl (C=O) groups is 1. The molecule has 0 saturated carbocycles. The highest BCUT2D eigenvalue weighted by molar-refractivity contribution is 5.78. The van der Waals surface area contributed by atoms with Gasteiger partial charge in [-0.1, -0.05) is 18.2 Å². The Morgan fingerprint density at radius 1 is 1.45 bits per heavy atom. The van der Waals surface area contributed by atoms with Crippen LogP contribution in [0.15, 0.2) is 24.3 Å². The summed E-state index contributed by atoms with van der Waals surface area (Å²) in [6, 6.07) is 6.63. The zero-order chi connectivity index (χ0) is 15.6. The maximum Gasteiger partial charge on any atom is 0.249 e. The predicted octanol–water partition coefficient (Wildman–Crippen LogP) is 1.94. The van der Waals surface area contributed by atoms with Gasteiger partial charge in [0.15, 0.2) is 0 Å². The predicted molar refractivity (Wildman–Crippen MR) is 81.8 cm³/mol. The summed E-state index contributed by atoms with van der Waals surface area (Å²) < 4.78 is 19.7. The maximum absolute atomic E-state index is 13.8. The number of amides is 1. The summed E-state index contributed by atoms with van der Waals surface area (Å²) in [6.45, 7) is 4.95. The molecule has 2 aliphatic rings. The lowest BCUT2D eigenvalue weighted by Gasteiger charge is -2.46. The Morgan fingerprint density at radius 2 is 2.27 bits per heavy atom. The van der Waals surface area contributed by atoms with E-state index in [1.54, 1.807) is 23.1 Å². The number of ether oxygens (including phenoxy) is 1. The molecule has 0 bridgehead atoms. The van der Waals surface area contributed by atoms with E-state index in [0.717, 1.165) is 25.9 Å². The minimum atomic E-state index is -0.355. The van der Waals surface area contributed by atoms with Gasteiger partial charge in [0.25, 0.3) is 0 Å². The quantitative estimate of drug-likeness (QED) is 0.928. The second kappa shape index (κ2) is 6.34. The zero-order valence-corrected chi connectivity index (χ0v) is 13.0. The molecule has 120 valence electrons. The Balaban J connectivity index is 1.73. The number of hydrogen-bond donors (Lipinski definition) is 1. The lowest BCUT2D eigenvalue weighted by Crippen LogP contribution is -2.58. The first-order valence-electron chi connectivity index (χ1n) is 7.94. The van der Waals surface area contributed by atoms with E-state index in [2.05, 4.69) is 12.2 Å². The lowest BCUT2D eigenvalue weighted by molar-refractivity contribution is -0.172. The molecule has 22 heavy (non-hydrogen) atoms. The zero-order valence-electron chi connectivity index (χ0n) is 13.0. The topological polar surface area (TPSA) is 41.6 Å². The van der Waals surface area contributed by atoms with Crippen molar-refractivity contribution in [3.05, 3.63) is 35.6 Å². The Hall–Kier alpha value is -1.46. The first-order chi connectivity index (χ1) is 10.6. The molecule has 2 unspecified atom stereocenters. The Bertz CT molecular complexity index is 545. The third kappa shape index (κ3) is 3.15. The molecule has 0 aromatic heterocycles. The summed E-state index contributed by atoms with van der Waals surface area (Å²) in [5.74, 6) is 0.0600. The average Bonchev–Trinajstić information content (AvgIpc) is 2.54. The summed E-state index contributed by atoms with van der Waals surface area (Å²) in [4.78, 5) is 13.9. The van der Waals surface area contributed by atoms with Gasteiger partial charge in [-0.25, -0.2) is 4.39 Å². The van der Waals surface area contributed by atoms with Crippen molar-refractivity contribution in [3.8, 4) is 0 Å². The van der Waals surface area contributed by atoms with Crippen LogP contribution < -0.4 is 5.32 Å². The van der Waals surface area contributed by atoms with E-state index in [4.69, 9.17) is 4.74 Å². The van der Waals surface area contributed by atoms with Crippen molar-refractivity contribution in [1.82, 2.24) is 10.2 Å². The van der Waals surface area contributed by atoms with Crippen LogP contribution in [0.2, 0.25) is 0 Å². The highest BCUT2D eigenvalue weighted by Gasteiger charge is 2.42. The summed E-state index contributed by atoms with van der Waals surface area (Å²) >= 11 is 0. The largest absolute Gasteiger partial charge is 0.363 e. The number of halogens is 1. The molecule has 2 heterocycles. The van der Waals surface area contributed by atoms with Gasteiger partial charge in [0, 0.05) is 24.6 Å². The molecule has 0 aliphatic carbocycles. The van der Waals surface area contributed by atoms with Crippen LogP contribution in [0.4, 0.5) is 4.39 Å². The molecule has 1 N–H and O–H groups in total. The molecule has 2 aliphatic heterocycles. The molecule has 2 saturated heterocycles. The molecule has 2 atom stereocenters. The van der Waals surface area contributed by atoms with Crippen LogP contribution in [0, 0.1) is 11.7 Å². The monoisotopic (exact) mass is 306 g/mol. The molecule has 1 aromatic rings. The number of nitrogens with one attached hydrogen (secondary N) is 1. The fraction of sp³-hybridized carbons (Fsp3) is 0.588. The molecular formula is C17H23FN2O2. The summed E-state index contributed by atoms with van der Waals surface area (Å²) in [5, 5.41) is 3.40. The Morgan fingerprint density at radius 3 is 3.00 bits per heavy atom. The number of carbonyl (C=O) groups excluding carboxylic acids is 1. The van der Waals surface area contributed by atoms with Crippen LogP contribution in [-0.2, 0) is 16.1 Å². The van der Waals surface area contributed by atoms with Gasteiger partial charge in [-0.3, -0.25) is 4.79 Å². The smallest absolute Gasteiger partial charge is 0.249 e. The van der Waals surface area contributed by atoms with Crippen molar-refractivity contribution in [1.29, 1.82) is 0 Å². The molecule has 4 nitrogen and oxygen atoms in total. The SMILES string of the molecule is CC1(C2CCCNC2)CN(Cc2ccccc2F)C(=O)CO1. The molecule has 0 radical (unpaired) electrons. The van der Waals surface area contributed by atoms with E-state index in [-0.39, 0.29) is 23.9 Å². The van der Waals surface area contributed by atoms with Gasteiger partial charge >= 0.3 is 0 Å². The second-order valence-corrected chi connectivity index (χ2v) is 6.49. The first kappa shape index (κ1) is 15.4. The van der Waals surface area contributed by atoms with Gasteiger partial charge in [-0.2, -0.15) is 0 Å². The molecule has 1 aromatic carbocycles. The highest BCUT2D eigenvalue weighted by Crippen LogP contribution is 2.32.